The van der Waals surface area contributed by atoms with Crippen molar-refractivity contribution in [1.29, 1.82) is 0 Å². The molecule has 2 fully saturated rings. The van der Waals surface area contributed by atoms with Crippen molar-refractivity contribution in [2.24, 2.45) is 17.6 Å². The molecule has 2 saturated carbocycles. The maximum Gasteiger partial charge on any atom is 0.308 e. The fraction of sp³-hybridized carbons (Fsp3) is 0.923. The van der Waals surface area contributed by atoms with Crippen LogP contribution in [0.4, 0.5) is 0 Å². The SMILES string of the molecule is NC1CCCC(C(=O)OCCC2CCC2)C1. The summed E-state index contributed by atoms with van der Waals surface area (Å²) in [5.74, 6) is 0.890. The van der Waals surface area contributed by atoms with Gasteiger partial charge in [0, 0.05) is 6.04 Å². The van der Waals surface area contributed by atoms with Gasteiger partial charge in [0.2, 0.25) is 0 Å². The Morgan fingerprint density at radius 3 is 2.56 bits per heavy atom. The van der Waals surface area contributed by atoms with Gasteiger partial charge in [-0.05, 0) is 31.6 Å². The van der Waals surface area contributed by atoms with Gasteiger partial charge in [0.15, 0.2) is 0 Å². The van der Waals surface area contributed by atoms with Gasteiger partial charge in [-0.2, -0.15) is 0 Å². The third-order valence-corrected chi connectivity index (χ3v) is 4.04. The van der Waals surface area contributed by atoms with Crippen LogP contribution in [-0.4, -0.2) is 18.6 Å². The molecular formula is C13H23NO2. The predicted octanol–water partition coefficient (Wildman–Crippen LogP) is 2.24. The molecule has 3 nitrogen and oxygen atoms in total. The van der Waals surface area contributed by atoms with Crippen molar-refractivity contribution in [3.63, 3.8) is 0 Å². The van der Waals surface area contributed by atoms with Gasteiger partial charge in [-0.3, -0.25) is 4.79 Å². The summed E-state index contributed by atoms with van der Waals surface area (Å²) < 4.78 is 5.34. The number of hydrogen-bond acceptors (Lipinski definition) is 3. The standard InChI is InChI=1S/C13H23NO2/c14-12-6-2-5-11(9-12)13(15)16-8-7-10-3-1-4-10/h10-12H,1-9,14H2. The van der Waals surface area contributed by atoms with Crippen molar-refractivity contribution in [1.82, 2.24) is 0 Å². The summed E-state index contributed by atoms with van der Waals surface area (Å²) in [5.41, 5.74) is 5.86. The largest absolute Gasteiger partial charge is 0.465 e. The molecule has 2 aliphatic rings. The number of rotatable bonds is 4. The van der Waals surface area contributed by atoms with Crippen LogP contribution in [0, 0.1) is 11.8 Å². The smallest absolute Gasteiger partial charge is 0.308 e. The van der Waals surface area contributed by atoms with Gasteiger partial charge >= 0.3 is 5.97 Å². The van der Waals surface area contributed by atoms with Crippen molar-refractivity contribution in [2.75, 3.05) is 6.61 Å². The highest BCUT2D eigenvalue weighted by molar-refractivity contribution is 5.72. The molecular weight excluding hydrogens is 202 g/mol. The molecule has 0 aliphatic heterocycles. The third kappa shape index (κ3) is 3.21. The van der Waals surface area contributed by atoms with Crippen LogP contribution in [0.25, 0.3) is 0 Å². The van der Waals surface area contributed by atoms with Gasteiger partial charge < -0.3 is 10.5 Å². The van der Waals surface area contributed by atoms with E-state index in [4.69, 9.17) is 10.5 Å². The Balaban J connectivity index is 1.62. The summed E-state index contributed by atoms with van der Waals surface area (Å²) in [6.45, 7) is 0.620. The molecule has 0 aromatic carbocycles. The molecule has 0 saturated heterocycles. The second-order valence-corrected chi connectivity index (χ2v) is 5.38. The molecule has 0 spiro atoms. The zero-order valence-corrected chi connectivity index (χ0v) is 9.99. The zero-order valence-electron chi connectivity index (χ0n) is 9.99. The van der Waals surface area contributed by atoms with Gasteiger partial charge in [0.05, 0.1) is 12.5 Å². The quantitative estimate of drug-likeness (QED) is 0.746. The van der Waals surface area contributed by atoms with Crippen molar-refractivity contribution in [3.8, 4) is 0 Å². The van der Waals surface area contributed by atoms with Crippen LogP contribution in [-0.2, 0) is 9.53 Å². The number of esters is 1. The van der Waals surface area contributed by atoms with Gasteiger partial charge in [-0.15, -0.1) is 0 Å². The van der Waals surface area contributed by atoms with Crippen molar-refractivity contribution in [3.05, 3.63) is 0 Å². The Kier molecular flexibility index (Phi) is 4.22. The lowest BCUT2D eigenvalue weighted by molar-refractivity contribution is -0.150. The Hall–Kier alpha value is -0.570. The molecule has 0 heterocycles. The first-order chi connectivity index (χ1) is 7.75. The van der Waals surface area contributed by atoms with E-state index in [1.54, 1.807) is 0 Å². The molecule has 2 unspecified atom stereocenters. The molecule has 0 bridgehead atoms. The molecule has 2 aliphatic carbocycles. The topological polar surface area (TPSA) is 52.3 Å². The maximum atomic E-state index is 11.8. The fourth-order valence-electron chi connectivity index (χ4n) is 2.67. The van der Waals surface area contributed by atoms with Crippen LogP contribution in [0.5, 0.6) is 0 Å². The van der Waals surface area contributed by atoms with E-state index in [1.165, 1.54) is 19.3 Å². The van der Waals surface area contributed by atoms with Crippen molar-refractivity contribution >= 4 is 5.97 Å². The van der Waals surface area contributed by atoms with Crippen molar-refractivity contribution < 1.29 is 9.53 Å². The highest BCUT2D eigenvalue weighted by Gasteiger charge is 2.26. The first-order valence-corrected chi connectivity index (χ1v) is 6.68. The average molecular weight is 225 g/mol. The van der Waals surface area contributed by atoms with E-state index >= 15 is 0 Å². The van der Waals surface area contributed by atoms with E-state index in [9.17, 15) is 4.79 Å². The summed E-state index contributed by atoms with van der Waals surface area (Å²) >= 11 is 0. The summed E-state index contributed by atoms with van der Waals surface area (Å²) in [7, 11) is 0. The van der Waals surface area contributed by atoms with Gasteiger partial charge in [-0.1, -0.05) is 25.7 Å². The zero-order chi connectivity index (χ0) is 11.4. The minimum Gasteiger partial charge on any atom is -0.465 e. The molecule has 92 valence electrons. The second-order valence-electron chi connectivity index (χ2n) is 5.38. The van der Waals surface area contributed by atoms with Crippen LogP contribution in [0.15, 0.2) is 0 Å². The lowest BCUT2D eigenvalue weighted by atomic mass is 9.83. The number of ether oxygens (including phenoxy) is 1. The monoisotopic (exact) mass is 225 g/mol. The van der Waals surface area contributed by atoms with E-state index in [2.05, 4.69) is 0 Å². The molecule has 3 heteroatoms. The number of hydrogen-bond donors (Lipinski definition) is 1. The van der Waals surface area contributed by atoms with Gasteiger partial charge in [0.25, 0.3) is 0 Å². The van der Waals surface area contributed by atoms with Crippen LogP contribution < -0.4 is 5.73 Å². The lowest BCUT2D eigenvalue weighted by Crippen LogP contribution is -2.32. The van der Waals surface area contributed by atoms with Gasteiger partial charge in [0.1, 0.15) is 0 Å². The minimum atomic E-state index is -0.00512. The van der Waals surface area contributed by atoms with Crippen molar-refractivity contribution in [2.45, 2.75) is 57.4 Å². The summed E-state index contributed by atoms with van der Waals surface area (Å²) in [6.07, 6.45) is 8.99. The highest BCUT2D eigenvalue weighted by atomic mass is 16.5. The molecule has 0 amide bonds. The number of carbonyl (C=O) groups is 1. The summed E-state index contributed by atoms with van der Waals surface area (Å²) in [6, 6.07) is 0.206. The second kappa shape index (κ2) is 5.67. The Morgan fingerprint density at radius 1 is 1.19 bits per heavy atom. The number of carbonyl (C=O) groups excluding carboxylic acids is 1. The molecule has 0 aromatic rings. The van der Waals surface area contributed by atoms with Crippen LogP contribution >= 0.6 is 0 Å². The first-order valence-electron chi connectivity index (χ1n) is 6.68. The van der Waals surface area contributed by atoms with E-state index < -0.39 is 0 Å². The maximum absolute atomic E-state index is 11.8. The van der Waals surface area contributed by atoms with E-state index in [-0.39, 0.29) is 17.9 Å². The third-order valence-electron chi connectivity index (χ3n) is 4.04. The molecule has 0 aromatic heterocycles. The molecule has 0 radical (unpaired) electrons. The van der Waals surface area contributed by atoms with Crippen LogP contribution in [0.1, 0.15) is 51.4 Å². The van der Waals surface area contributed by atoms with Crippen LogP contribution in [0.2, 0.25) is 0 Å². The van der Waals surface area contributed by atoms with Gasteiger partial charge in [-0.25, -0.2) is 0 Å². The molecule has 16 heavy (non-hydrogen) atoms. The van der Waals surface area contributed by atoms with E-state index in [1.807, 2.05) is 0 Å². The summed E-state index contributed by atoms with van der Waals surface area (Å²) in [5, 5.41) is 0. The summed E-state index contributed by atoms with van der Waals surface area (Å²) in [4.78, 5) is 11.8. The lowest BCUT2D eigenvalue weighted by Gasteiger charge is -2.27. The Labute approximate surface area is 97.7 Å². The van der Waals surface area contributed by atoms with E-state index in [0.717, 1.165) is 38.0 Å². The Morgan fingerprint density at radius 2 is 1.94 bits per heavy atom. The first kappa shape index (κ1) is 11.9. The minimum absolute atomic E-state index is 0.00512. The Bertz CT molecular complexity index is 238. The average Bonchev–Trinajstić information content (AvgIpc) is 2.21. The fourth-order valence-corrected chi connectivity index (χ4v) is 2.67. The normalized spacial score (nSPS) is 30.8. The number of nitrogens with two attached hydrogens (primary N) is 1. The predicted molar refractivity (Wildman–Crippen MR) is 62.9 cm³/mol. The molecule has 2 N–H and O–H groups in total. The van der Waals surface area contributed by atoms with E-state index in [0.29, 0.717) is 6.61 Å². The molecule has 2 rings (SSSR count). The van der Waals surface area contributed by atoms with Crippen LogP contribution in [0.3, 0.4) is 0 Å². The highest BCUT2D eigenvalue weighted by Crippen LogP contribution is 2.29. The molecule has 2 atom stereocenters.